The van der Waals surface area contributed by atoms with Crippen molar-refractivity contribution in [2.45, 2.75) is 6.92 Å². The van der Waals surface area contributed by atoms with Crippen molar-refractivity contribution in [3.63, 3.8) is 0 Å². The third kappa shape index (κ3) is 3.62. The number of rotatable bonds is 4. The second-order valence-corrected chi connectivity index (χ2v) is 4.08. The summed E-state index contributed by atoms with van der Waals surface area (Å²) in [6.45, 7) is 1.87. The predicted octanol–water partition coefficient (Wildman–Crippen LogP) is 2.45. The molecule has 16 heavy (non-hydrogen) atoms. The molecule has 0 spiro atoms. The molecule has 0 saturated heterocycles. The second-order valence-electron chi connectivity index (χ2n) is 3.05. The van der Waals surface area contributed by atoms with Crippen molar-refractivity contribution in [3.8, 4) is 0 Å². The molecule has 0 aliphatic rings. The van der Waals surface area contributed by atoms with Gasteiger partial charge in [-0.1, -0.05) is 0 Å². The maximum Gasteiger partial charge on any atom is 0.335 e. The van der Waals surface area contributed by atoms with E-state index in [4.69, 9.17) is 9.29 Å². The van der Waals surface area contributed by atoms with Crippen LogP contribution in [-0.4, -0.2) is 25.2 Å². The Morgan fingerprint density at radius 2 is 2.12 bits per heavy atom. The Kier molecular flexibility index (Phi) is 6.32. The van der Waals surface area contributed by atoms with Crippen molar-refractivity contribution in [2.75, 3.05) is 18.5 Å². The van der Waals surface area contributed by atoms with Gasteiger partial charge in [0.05, 0.1) is 18.4 Å². The molecule has 0 fully saturated rings. The summed E-state index contributed by atoms with van der Waals surface area (Å²) in [5, 5.41) is 8.80. The molecule has 0 radical (unpaired) electrons. The molecule has 0 saturated carbocycles. The SMILES string of the molecule is COSN(C)c1ccc(C(=O)O)cc1C.S. The van der Waals surface area contributed by atoms with Crippen molar-refractivity contribution in [3.05, 3.63) is 29.3 Å². The van der Waals surface area contributed by atoms with Gasteiger partial charge in [-0.3, -0.25) is 4.31 Å². The van der Waals surface area contributed by atoms with Gasteiger partial charge in [0.25, 0.3) is 0 Å². The normalized spacial score (nSPS) is 9.44. The van der Waals surface area contributed by atoms with E-state index in [-0.39, 0.29) is 13.5 Å². The number of hydrogen-bond donors (Lipinski definition) is 1. The van der Waals surface area contributed by atoms with E-state index in [0.29, 0.717) is 5.56 Å². The van der Waals surface area contributed by atoms with Crippen LogP contribution in [0.25, 0.3) is 0 Å². The van der Waals surface area contributed by atoms with Crippen LogP contribution in [0.2, 0.25) is 0 Å². The van der Waals surface area contributed by atoms with Gasteiger partial charge in [-0.15, -0.1) is 0 Å². The molecule has 0 aliphatic heterocycles. The summed E-state index contributed by atoms with van der Waals surface area (Å²) in [6.07, 6.45) is 0. The molecule has 90 valence electrons. The Bertz CT molecular complexity index is 371. The monoisotopic (exact) mass is 261 g/mol. The summed E-state index contributed by atoms with van der Waals surface area (Å²) in [5.41, 5.74) is 2.14. The van der Waals surface area contributed by atoms with Gasteiger partial charge in [0.2, 0.25) is 0 Å². The molecule has 0 bridgehead atoms. The standard InChI is InChI=1S/C10H13NO3S.H2S/c1-7-6-8(10(12)13)4-5-9(7)11(2)15-14-3;/h4-6H,1-3H3,(H,12,13);1H2. The largest absolute Gasteiger partial charge is 0.478 e. The van der Waals surface area contributed by atoms with E-state index in [2.05, 4.69) is 0 Å². The van der Waals surface area contributed by atoms with E-state index >= 15 is 0 Å². The molecule has 1 N–H and O–H groups in total. The first-order valence-electron chi connectivity index (χ1n) is 4.34. The molecular formula is C10H15NO3S2. The van der Waals surface area contributed by atoms with Crippen LogP contribution in [0.1, 0.15) is 15.9 Å². The molecular weight excluding hydrogens is 246 g/mol. The minimum Gasteiger partial charge on any atom is -0.478 e. The Morgan fingerprint density at radius 1 is 1.50 bits per heavy atom. The van der Waals surface area contributed by atoms with Gasteiger partial charge >= 0.3 is 5.97 Å². The summed E-state index contributed by atoms with van der Waals surface area (Å²) in [6, 6.07) is 4.99. The van der Waals surface area contributed by atoms with Crippen LogP contribution in [0.5, 0.6) is 0 Å². The highest BCUT2D eigenvalue weighted by molar-refractivity contribution is 7.96. The van der Waals surface area contributed by atoms with Crippen molar-refractivity contribution >= 4 is 37.4 Å². The zero-order valence-electron chi connectivity index (χ0n) is 9.35. The van der Waals surface area contributed by atoms with Crippen LogP contribution in [0, 0.1) is 6.92 Å². The van der Waals surface area contributed by atoms with Gasteiger partial charge in [-0.05, 0) is 30.7 Å². The first-order valence-corrected chi connectivity index (χ1v) is 5.04. The maximum atomic E-state index is 10.7. The highest BCUT2D eigenvalue weighted by Crippen LogP contribution is 2.25. The van der Waals surface area contributed by atoms with Crippen molar-refractivity contribution in [2.24, 2.45) is 0 Å². The fraction of sp³-hybridized carbons (Fsp3) is 0.300. The van der Waals surface area contributed by atoms with Crippen molar-refractivity contribution in [1.82, 2.24) is 0 Å². The topological polar surface area (TPSA) is 49.8 Å². The minimum absolute atomic E-state index is 0. The minimum atomic E-state index is -0.910. The zero-order valence-corrected chi connectivity index (χ0v) is 11.2. The van der Waals surface area contributed by atoms with E-state index in [9.17, 15) is 4.79 Å². The third-order valence-electron chi connectivity index (χ3n) is 1.97. The Balaban J connectivity index is 0.00000225. The van der Waals surface area contributed by atoms with Gasteiger partial charge in [0, 0.05) is 7.05 Å². The van der Waals surface area contributed by atoms with Crippen molar-refractivity contribution < 1.29 is 14.1 Å². The summed E-state index contributed by atoms with van der Waals surface area (Å²) >= 11 is 1.20. The molecule has 0 aromatic heterocycles. The fourth-order valence-corrected chi connectivity index (χ4v) is 1.80. The summed E-state index contributed by atoms with van der Waals surface area (Å²) in [7, 11) is 3.44. The number of aryl methyl sites for hydroxylation is 1. The van der Waals surface area contributed by atoms with Gasteiger partial charge in [0.15, 0.2) is 0 Å². The molecule has 0 unspecified atom stereocenters. The molecule has 1 aromatic carbocycles. The number of aromatic carboxylic acids is 1. The number of anilines is 1. The first kappa shape index (κ1) is 15.2. The van der Waals surface area contributed by atoms with Gasteiger partial charge < -0.3 is 9.29 Å². The van der Waals surface area contributed by atoms with Crippen LogP contribution in [0.15, 0.2) is 18.2 Å². The highest BCUT2D eigenvalue weighted by atomic mass is 32.2. The van der Waals surface area contributed by atoms with Crippen LogP contribution in [-0.2, 0) is 4.18 Å². The average Bonchev–Trinajstić information content (AvgIpc) is 2.17. The lowest BCUT2D eigenvalue weighted by molar-refractivity contribution is 0.0697. The molecule has 0 heterocycles. The second kappa shape index (κ2) is 6.67. The van der Waals surface area contributed by atoms with E-state index in [1.54, 1.807) is 25.3 Å². The van der Waals surface area contributed by atoms with Gasteiger partial charge in [-0.2, -0.15) is 13.5 Å². The Hall–Kier alpha value is -0.850. The number of carbonyl (C=O) groups is 1. The molecule has 1 aromatic rings. The summed E-state index contributed by atoms with van der Waals surface area (Å²) in [5.74, 6) is -0.910. The average molecular weight is 261 g/mol. The highest BCUT2D eigenvalue weighted by Gasteiger charge is 2.09. The quantitative estimate of drug-likeness (QED) is 0.666. The van der Waals surface area contributed by atoms with E-state index < -0.39 is 5.97 Å². The lowest BCUT2D eigenvalue weighted by Crippen LogP contribution is -2.09. The molecule has 6 heteroatoms. The van der Waals surface area contributed by atoms with E-state index in [0.717, 1.165) is 11.3 Å². The molecule has 0 aliphatic carbocycles. The van der Waals surface area contributed by atoms with Crippen LogP contribution in [0.4, 0.5) is 5.69 Å². The van der Waals surface area contributed by atoms with Crippen LogP contribution in [0.3, 0.4) is 0 Å². The van der Waals surface area contributed by atoms with E-state index in [1.807, 2.05) is 18.3 Å². The lowest BCUT2D eigenvalue weighted by atomic mass is 10.1. The molecule has 1 rings (SSSR count). The maximum absolute atomic E-state index is 10.7. The Labute approximate surface area is 106 Å². The fourth-order valence-electron chi connectivity index (χ4n) is 1.29. The number of carboxylic acids is 1. The first-order chi connectivity index (χ1) is 7.06. The van der Waals surface area contributed by atoms with Crippen LogP contribution >= 0.6 is 25.7 Å². The summed E-state index contributed by atoms with van der Waals surface area (Å²) in [4.78, 5) is 10.7. The number of hydrogen-bond acceptors (Lipinski definition) is 4. The van der Waals surface area contributed by atoms with Crippen LogP contribution < -0.4 is 4.31 Å². The lowest BCUT2D eigenvalue weighted by Gasteiger charge is -2.18. The van der Waals surface area contributed by atoms with Crippen molar-refractivity contribution in [1.29, 1.82) is 0 Å². The van der Waals surface area contributed by atoms with E-state index in [1.165, 1.54) is 12.2 Å². The summed E-state index contributed by atoms with van der Waals surface area (Å²) < 4.78 is 6.75. The number of carboxylic acid groups (broad SMARTS) is 1. The molecule has 4 nitrogen and oxygen atoms in total. The number of benzene rings is 1. The smallest absolute Gasteiger partial charge is 0.335 e. The molecule has 0 atom stereocenters. The Morgan fingerprint density at radius 3 is 2.56 bits per heavy atom. The third-order valence-corrected chi connectivity index (χ3v) is 2.54. The molecule has 0 amide bonds. The zero-order chi connectivity index (χ0) is 11.4. The van der Waals surface area contributed by atoms with Gasteiger partial charge in [-0.25, -0.2) is 4.79 Å². The predicted molar refractivity (Wildman–Crippen MR) is 71.5 cm³/mol. The number of nitrogens with zero attached hydrogens (tertiary/aromatic N) is 1. The van der Waals surface area contributed by atoms with Gasteiger partial charge in [0.1, 0.15) is 12.2 Å².